The van der Waals surface area contributed by atoms with E-state index in [4.69, 9.17) is 11.6 Å². The van der Waals surface area contributed by atoms with Crippen molar-refractivity contribution in [2.75, 3.05) is 10.6 Å². The zero-order valence-corrected chi connectivity index (χ0v) is 20.0. The molecule has 0 saturated heterocycles. The van der Waals surface area contributed by atoms with E-state index in [1.165, 1.54) is 18.7 Å². The van der Waals surface area contributed by atoms with E-state index in [9.17, 15) is 14.4 Å². The molecule has 0 radical (unpaired) electrons. The number of thioether (sulfide) groups is 1. The number of halogens is 1. The van der Waals surface area contributed by atoms with Gasteiger partial charge in [0.1, 0.15) is 5.82 Å². The summed E-state index contributed by atoms with van der Waals surface area (Å²) in [6.45, 7) is 3.38. The molecule has 3 rings (SSSR count). The first-order valence-corrected chi connectivity index (χ1v) is 11.5. The second-order valence-corrected chi connectivity index (χ2v) is 8.94. The molecule has 33 heavy (non-hydrogen) atoms. The third-order valence-electron chi connectivity index (χ3n) is 4.82. The molecule has 8 nitrogen and oxygen atoms in total. The zero-order chi connectivity index (χ0) is 24.0. The summed E-state index contributed by atoms with van der Waals surface area (Å²) < 4.78 is 1.71. The maximum absolute atomic E-state index is 12.8. The molecule has 1 aromatic heterocycles. The van der Waals surface area contributed by atoms with E-state index in [1.807, 2.05) is 6.92 Å². The van der Waals surface area contributed by atoms with Crippen LogP contribution in [0.4, 0.5) is 11.4 Å². The van der Waals surface area contributed by atoms with Crippen molar-refractivity contribution in [1.29, 1.82) is 0 Å². The number of nitrogens with one attached hydrogen (secondary N) is 2. The lowest BCUT2D eigenvalue weighted by molar-refractivity contribution is -0.116. The number of carbonyl (C=O) groups excluding carboxylic acids is 3. The van der Waals surface area contributed by atoms with Gasteiger partial charge in [0.15, 0.2) is 10.9 Å². The van der Waals surface area contributed by atoms with Gasteiger partial charge in [0.2, 0.25) is 11.8 Å². The third-order valence-corrected chi connectivity index (χ3v) is 6.47. The number of carbonyl (C=O) groups is 3. The lowest BCUT2D eigenvalue weighted by Gasteiger charge is -2.14. The highest BCUT2D eigenvalue weighted by Gasteiger charge is 2.22. The summed E-state index contributed by atoms with van der Waals surface area (Å²) in [6, 6.07) is 13.6. The monoisotopic (exact) mass is 485 g/mol. The van der Waals surface area contributed by atoms with Gasteiger partial charge in [0.25, 0.3) is 0 Å². The SMILES string of the molecule is CC[C@H](Sc1nnc(CC(=O)Nc2ccc(Cl)cc2)n1C)C(=O)Nc1cccc(C(C)=O)c1. The molecule has 2 aromatic carbocycles. The quantitative estimate of drug-likeness (QED) is 0.344. The molecule has 10 heteroatoms. The van der Waals surface area contributed by atoms with Crippen molar-refractivity contribution in [2.45, 2.75) is 37.1 Å². The van der Waals surface area contributed by atoms with Crippen LogP contribution in [0.25, 0.3) is 0 Å². The van der Waals surface area contributed by atoms with Gasteiger partial charge in [-0.3, -0.25) is 14.4 Å². The average molecular weight is 486 g/mol. The number of benzene rings is 2. The first-order chi connectivity index (χ1) is 15.8. The molecule has 0 spiro atoms. The van der Waals surface area contributed by atoms with Gasteiger partial charge in [-0.25, -0.2) is 0 Å². The molecule has 172 valence electrons. The highest BCUT2D eigenvalue weighted by Crippen LogP contribution is 2.25. The Morgan fingerprint density at radius 3 is 2.45 bits per heavy atom. The Bertz CT molecular complexity index is 1160. The van der Waals surface area contributed by atoms with Gasteiger partial charge in [0, 0.05) is 29.0 Å². The predicted molar refractivity (Wildman–Crippen MR) is 130 cm³/mol. The van der Waals surface area contributed by atoms with E-state index in [-0.39, 0.29) is 24.0 Å². The Morgan fingerprint density at radius 1 is 1.06 bits per heavy atom. The van der Waals surface area contributed by atoms with Crippen LogP contribution < -0.4 is 10.6 Å². The smallest absolute Gasteiger partial charge is 0.237 e. The normalized spacial score (nSPS) is 11.6. The van der Waals surface area contributed by atoms with Gasteiger partial charge in [-0.2, -0.15) is 0 Å². The van der Waals surface area contributed by atoms with Crippen molar-refractivity contribution in [3.63, 3.8) is 0 Å². The van der Waals surface area contributed by atoms with E-state index in [2.05, 4.69) is 20.8 Å². The van der Waals surface area contributed by atoms with Crippen LogP contribution in [-0.4, -0.2) is 37.6 Å². The molecule has 0 bridgehead atoms. The minimum absolute atomic E-state index is 0.0352. The fourth-order valence-electron chi connectivity index (χ4n) is 2.97. The Kier molecular flexibility index (Phi) is 8.24. The third kappa shape index (κ3) is 6.66. The van der Waals surface area contributed by atoms with Crippen LogP contribution in [0.2, 0.25) is 5.02 Å². The van der Waals surface area contributed by atoms with E-state index >= 15 is 0 Å². The summed E-state index contributed by atoms with van der Waals surface area (Å²) in [5, 5.41) is 14.6. The fourth-order valence-corrected chi connectivity index (χ4v) is 4.04. The fraction of sp³-hybridized carbons (Fsp3) is 0.261. The van der Waals surface area contributed by atoms with Crippen molar-refractivity contribution >= 4 is 52.3 Å². The Morgan fingerprint density at radius 2 is 1.79 bits per heavy atom. The predicted octanol–water partition coefficient (Wildman–Crippen LogP) is 4.36. The van der Waals surface area contributed by atoms with Crippen molar-refractivity contribution in [2.24, 2.45) is 7.05 Å². The number of aromatic nitrogens is 3. The first kappa shape index (κ1) is 24.5. The Balaban J connectivity index is 1.63. The summed E-state index contributed by atoms with van der Waals surface area (Å²) in [7, 11) is 1.76. The number of amides is 2. The van der Waals surface area contributed by atoms with Gasteiger partial charge in [0.05, 0.1) is 11.7 Å². The largest absolute Gasteiger partial charge is 0.326 e. The highest BCUT2D eigenvalue weighted by molar-refractivity contribution is 8.00. The van der Waals surface area contributed by atoms with Crippen LogP contribution in [0.5, 0.6) is 0 Å². The van der Waals surface area contributed by atoms with Gasteiger partial charge in [-0.1, -0.05) is 42.4 Å². The molecule has 0 aliphatic carbocycles. The molecule has 0 aliphatic rings. The van der Waals surface area contributed by atoms with Gasteiger partial charge >= 0.3 is 0 Å². The van der Waals surface area contributed by atoms with Gasteiger partial charge < -0.3 is 15.2 Å². The van der Waals surface area contributed by atoms with Crippen LogP contribution >= 0.6 is 23.4 Å². The van der Waals surface area contributed by atoms with Crippen molar-refractivity contribution < 1.29 is 14.4 Å². The molecule has 1 heterocycles. The Labute approximate surface area is 201 Å². The molecule has 0 saturated carbocycles. The number of hydrogen-bond acceptors (Lipinski definition) is 6. The van der Waals surface area contributed by atoms with Crippen LogP contribution in [0.3, 0.4) is 0 Å². The van der Waals surface area contributed by atoms with E-state index in [0.717, 1.165) is 0 Å². The summed E-state index contributed by atoms with van der Waals surface area (Å²) in [6.07, 6.45) is 0.593. The highest BCUT2D eigenvalue weighted by atomic mass is 35.5. The molecule has 0 unspecified atom stereocenters. The number of anilines is 2. The second-order valence-electron chi connectivity index (χ2n) is 7.33. The van der Waals surface area contributed by atoms with E-state index in [1.54, 1.807) is 60.1 Å². The molecule has 0 fully saturated rings. The van der Waals surface area contributed by atoms with Crippen molar-refractivity contribution in [1.82, 2.24) is 14.8 Å². The number of nitrogens with zero attached hydrogens (tertiary/aromatic N) is 3. The Hall–Kier alpha value is -3.17. The van der Waals surface area contributed by atoms with Crippen LogP contribution in [0.15, 0.2) is 53.7 Å². The van der Waals surface area contributed by atoms with Crippen LogP contribution in [0, 0.1) is 0 Å². The van der Waals surface area contributed by atoms with Crippen molar-refractivity contribution in [3.05, 3.63) is 64.9 Å². The van der Waals surface area contributed by atoms with Crippen molar-refractivity contribution in [3.8, 4) is 0 Å². The molecular weight excluding hydrogens is 462 g/mol. The lowest BCUT2D eigenvalue weighted by atomic mass is 10.1. The molecule has 2 amide bonds. The average Bonchev–Trinajstić information content (AvgIpc) is 3.12. The number of ketones is 1. The summed E-state index contributed by atoms with van der Waals surface area (Å²) in [5.41, 5.74) is 1.73. The van der Waals surface area contributed by atoms with Gasteiger partial charge in [-0.05, 0) is 49.7 Å². The standard InChI is InChI=1S/C23H24ClN5O3S/c1-4-19(22(32)26-18-7-5-6-15(12-18)14(2)30)33-23-28-27-20(29(23)3)13-21(31)25-17-10-8-16(24)9-11-17/h5-12,19H,4,13H2,1-3H3,(H,25,31)(H,26,32)/t19-/m0/s1. The summed E-state index contributed by atoms with van der Waals surface area (Å²) >= 11 is 7.13. The molecule has 3 aromatic rings. The summed E-state index contributed by atoms with van der Waals surface area (Å²) in [4.78, 5) is 36.8. The number of Topliss-reactive ketones (excluding diaryl/α,β-unsaturated/α-hetero) is 1. The first-order valence-electron chi connectivity index (χ1n) is 10.3. The van der Waals surface area contributed by atoms with E-state index in [0.29, 0.717) is 39.4 Å². The summed E-state index contributed by atoms with van der Waals surface area (Å²) in [5.74, 6) is -0.0274. The molecule has 1 atom stereocenters. The number of hydrogen-bond donors (Lipinski definition) is 2. The topological polar surface area (TPSA) is 106 Å². The maximum Gasteiger partial charge on any atom is 0.237 e. The zero-order valence-electron chi connectivity index (χ0n) is 18.5. The maximum atomic E-state index is 12.8. The molecular formula is C23H24ClN5O3S. The lowest BCUT2D eigenvalue weighted by Crippen LogP contribution is -2.25. The minimum atomic E-state index is -0.426. The minimum Gasteiger partial charge on any atom is -0.326 e. The molecule has 0 aliphatic heterocycles. The molecule has 2 N–H and O–H groups in total. The van der Waals surface area contributed by atoms with Gasteiger partial charge in [-0.15, -0.1) is 10.2 Å². The second kappa shape index (κ2) is 11.1. The van der Waals surface area contributed by atoms with E-state index < -0.39 is 5.25 Å². The van der Waals surface area contributed by atoms with Crippen LogP contribution in [-0.2, 0) is 23.1 Å². The van der Waals surface area contributed by atoms with Crippen LogP contribution in [0.1, 0.15) is 36.5 Å². The number of rotatable bonds is 9.